The molecule has 0 spiro atoms. The number of nitrogens with one attached hydrogen (secondary N) is 2. The van der Waals surface area contributed by atoms with Gasteiger partial charge in [0.25, 0.3) is 0 Å². The molecule has 0 bridgehead atoms. The molecule has 8 heteroatoms. The largest absolute Gasteiger partial charge is 0.444 e. The molecule has 2 rings (SSSR count). The van der Waals surface area contributed by atoms with Crippen LogP contribution in [0.15, 0.2) is 18.6 Å². The number of rotatable bonds is 3. The molecule has 130 valence electrons. The summed E-state index contributed by atoms with van der Waals surface area (Å²) in [6.07, 6.45) is 4.24. The average Bonchev–Trinajstić information content (AvgIpc) is 2.92. The first-order chi connectivity index (χ1) is 11.1. The van der Waals surface area contributed by atoms with Crippen molar-refractivity contribution in [2.24, 2.45) is 5.41 Å². The predicted molar refractivity (Wildman–Crippen MR) is 89.0 cm³/mol. The lowest BCUT2D eigenvalue weighted by molar-refractivity contribution is 0.0458. The van der Waals surface area contributed by atoms with Gasteiger partial charge in [-0.3, -0.25) is 10.1 Å². The number of aromatic amines is 1. The molecule has 0 saturated carbocycles. The maximum atomic E-state index is 12.1. The first-order valence-corrected chi connectivity index (χ1v) is 7.74. The second-order valence-electron chi connectivity index (χ2n) is 7.58. The summed E-state index contributed by atoms with van der Waals surface area (Å²) in [4.78, 5) is 24.8. The summed E-state index contributed by atoms with van der Waals surface area (Å²) < 4.78 is 5.34. The van der Waals surface area contributed by atoms with Gasteiger partial charge in [-0.05, 0) is 26.2 Å². The van der Waals surface area contributed by atoms with E-state index in [0.29, 0.717) is 17.3 Å². The minimum atomic E-state index is -0.571. The lowest BCUT2D eigenvalue weighted by Crippen LogP contribution is -2.40. The summed E-state index contributed by atoms with van der Waals surface area (Å²) in [7, 11) is 0. The monoisotopic (exact) mass is 332 g/mol. The molecular formula is C16H24N6O2. The van der Waals surface area contributed by atoms with Crippen molar-refractivity contribution in [1.82, 2.24) is 30.5 Å². The van der Waals surface area contributed by atoms with Gasteiger partial charge in [0, 0.05) is 12.4 Å². The topological polar surface area (TPSA) is 106 Å². The second-order valence-corrected chi connectivity index (χ2v) is 7.58. The van der Waals surface area contributed by atoms with Crippen LogP contribution < -0.4 is 5.32 Å². The van der Waals surface area contributed by atoms with Gasteiger partial charge in [0.05, 0.1) is 12.2 Å². The third-order valence-corrected chi connectivity index (χ3v) is 3.10. The average molecular weight is 332 g/mol. The first kappa shape index (κ1) is 17.8. The van der Waals surface area contributed by atoms with Gasteiger partial charge in [0.2, 0.25) is 5.82 Å². The van der Waals surface area contributed by atoms with Gasteiger partial charge in [0.15, 0.2) is 0 Å². The number of carbonyl (C=O) groups excluding carboxylic acids is 1. The molecule has 0 aliphatic heterocycles. The zero-order valence-electron chi connectivity index (χ0n) is 14.9. The number of ether oxygens (including phenoxy) is 1. The molecule has 0 unspecified atom stereocenters. The number of hydrogen-bond donors (Lipinski definition) is 2. The number of alkyl carbamates (subject to hydrolysis) is 1. The van der Waals surface area contributed by atoms with E-state index in [4.69, 9.17) is 4.74 Å². The quantitative estimate of drug-likeness (QED) is 0.895. The van der Waals surface area contributed by atoms with E-state index in [9.17, 15) is 4.79 Å². The van der Waals surface area contributed by atoms with Crippen LogP contribution in [0.1, 0.15) is 53.4 Å². The van der Waals surface area contributed by atoms with E-state index in [1.54, 1.807) is 18.6 Å². The number of nitrogens with zero attached hydrogens (tertiary/aromatic N) is 4. The van der Waals surface area contributed by atoms with Crippen molar-refractivity contribution in [3.8, 4) is 11.5 Å². The van der Waals surface area contributed by atoms with E-state index in [1.165, 1.54) is 0 Å². The van der Waals surface area contributed by atoms with E-state index in [1.807, 2.05) is 41.5 Å². The normalized spacial score (nSPS) is 13.4. The van der Waals surface area contributed by atoms with Crippen LogP contribution in [-0.4, -0.2) is 36.8 Å². The highest BCUT2D eigenvalue weighted by atomic mass is 16.6. The summed E-state index contributed by atoms with van der Waals surface area (Å²) in [5.41, 5.74) is -0.306. The van der Waals surface area contributed by atoms with Crippen LogP contribution in [0.2, 0.25) is 0 Å². The molecule has 0 fully saturated rings. The summed E-state index contributed by atoms with van der Waals surface area (Å²) in [5.74, 6) is 0.965. The molecular weight excluding hydrogens is 308 g/mol. The molecule has 0 aromatic carbocycles. The molecule has 24 heavy (non-hydrogen) atoms. The van der Waals surface area contributed by atoms with Crippen molar-refractivity contribution in [3.63, 3.8) is 0 Å². The van der Waals surface area contributed by atoms with Crippen LogP contribution in [0.4, 0.5) is 4.79 Å². The molecule has 0 aliphatic carbocycles. The maximum Gasteiger partial charge on any atom is 0.408 e. The third-order valence-electron chi connectivity index (χ3n) is 3.10. The van der Waals surface area contributed by atoms with Crippen LogP contribution in [0, 0.1) is 5.41 Å². The van der Waals surface area contributed by atoms with Gasteiger partial charge in [-0.25, -0.2) is 14.8 Å². The van der Waals surface area contributed by atoms with Gasteiger partial charge in [0.1, 0.15) is 17.1 Å². The van der Waals surface area contributed by atoms with E-state index in [0.717, 1.165) is 0 Å². The smallest absolute Gasteiger partial charge is 0.408 e. The van der Waals surface area contributed by atoms with Gasteiger partial charge in [-0.15, -0.1) is 0 Å². The van der Waals surface area contributed by atoms with Crippen LogP contribution in [0.3, 0.4) is 0 Å². The Kier molecular flexibility index (Phi) is 4.86. The molecule has 1 amide bonds. The van der Waals surface area contributed by atoms with E-state index >= 15 is 0 Å². The third kappa shape index (κ3) is 4.74. The highest BCUT2D eigenvalue weighted by Gasteiger charge is 2.32. The van der Waals surface area contributed by atoms with Gasteiger partial charge >= 0.3 is 6.09 Å². The van der Waals surface area contributed by atoms with E-state index in [2.05, 4.69) is 30.5 Å². The fourth-order valence-electron chi connectivity index (χ4n) is 2.05. The standard InChI is InChI=1S/C16H24N6O2/c1-15(2,3)11(19-14(23)24-16(4,5)6)13-20-12(21-22-13)10-9-17-7-8-18-10/h7-9,11H,1-6H3,(H,19,23)(H,20,21,22)/t11-/m0/s1. The molecule has 2 N–H and O–H groups in total. The van der Waals surface area contributed by atoms with Gasteiger partial charge in [-0.2, -0.15) is 5.10 Å². The zero-order chi connectivity index (χ0) is 18.0. The van der Waals surface area contributed by atoms with Crippen molar-refractivity contribution in [1.29, 1.82) is 0 Å². The van der Waals surface area contributed by atoms with Crippen LogP contribution in [0.5, 0.6) is 0 Å². The molecule has 0 aliphatic rings. The Morgan fingerprint density at radius 1 is 1.21 bits per heavy atom. The maximum absolute atomic E-state index is 12.1. The summed E-state index contributed by atoms with van der Waals surface area (Å²) in [6, 6.07) is -0.398. The summed E-state index contributed by atoms with van der Waals surface area (Å²) in [6.45, 7) is 11.5. The minimum Gasteiger partial charge on any atom is -0.444 e. The highest BCUT2D eigenvalue weighted by molar-refractivity contribution is 5.68. The van der Waals surface area contributed by atoms with Crippen molar-refractivity contribution >= 4 is 6.09 Å². The lowest BCUT2D eigenvalue weighted by Gasteiger charge is -2.30. The summed E-state index contributed by atoms with van der Waals surface area (Å²) >= 11 is 0. The molecule has 2 aromatic rings. The zero-order valence-corrected chi connectivity index (χ0v) is 14.9. The fourth-order valence-corrected chi connectivity index (χ4v) is 2.05. The number of H-pyrrole nitrogens is 1. The van der Waals surface area contributed by atoms with Gasteiger partial charge in [-0.1, -0.05) is 20.8 Å². The Balaban J connectivity index is 2.23. The van der Waals surface area contributed by atoms with Gasteiger partial charge < -0.3 is 10.1 Å². The van der Waals surface area contributed by atoms with Crippen LogP contribution in [-0.2, 0) is 4.74 Å². The molecule has 8 nitrogen and oxygen atoms in total. The fraction of sp³-hybridized carbons (Fsp3) is 0.562. The Morgan fingerprint density at radius 2 is 1.92 bits per heavy atom. The predicted octanol–water partition coefficient (Wildman–Crippen LogP) is 2.87. The van der Waals surface area contributed by atoms with Crippen molar-refractivity contribution in [3.05, 3.63) is 24.4 Å². The second kappa shape index (κ2) is 6.54. The van der Waals surface area contributed by atoms with Crippen molar-refractivity contribution in [2.75, 3.05) is 0 Å². The molecule has 0 radical (unpaired) electrons. The van der Waals surface area contributed by atoms with Crippen molar-refractivity contribution < 1.29 is 9.53 Å². The SMILES string of the molecule is CC(C)(C)OC(=O)N[C@@H](c1nc(-c2cnccn2)n[nH]1)C(C)(C)C. The van der Waals surface area contributed by atoms with E-state index < -0.39 is 17.7 Å². The lowest BCUT2D eigenvalue weighted by atomic mass is 9.86. The Hall–Kier alpha value is -2.51. The molecule has 0 saturated heterocycles. The van der Waals surface area contributed by atoms with Crippen LogP contribution in [0.25, 0.3) is 11.5 Å². The number of carbonyl (C=O) groups is 1. The number of hydrogen-bond acceptors (Lipinski definition) is 6. The van der Waals surface area contributed by atoms with Crippen LogP contribution >= 0.6 is 0 Å². The molecule has 1 atom stereocenters. The van der Waals surface area contributed by atoms with E-state index in [-0.39, 0.29) is 5.41 Å². The first-order valence-electron chi connectivity index (χ1n) is 7.74. The highest BCUT2D eigenvalue weighted by Crippen LogP contribution is 2.31. The molecule has 2 aromatic heterocycles. The Labute approximate surface area is 141 Å². The van der Waals surface area contributed by atoms with Crippen molar-refractivity contribution in [2.45, 2.75) is 53.2 Å². The Morgan fingerprint density at radius 3 is 2.46 bits per heavy atom. The minimum absolute atomic E-state index is 0.296. The summed E-state index contributed by atoms with van der Waals surface area (Å²) in [5, 5.41) is 9.92. The number of amides is 1. The molecule has 2 heterocycles. The number of aromatic nitrogens is 5. The Bertz CT molecular complexity index is 685.